The van der Waals surface area contributed by atoms with Gasteiger partial charge in [0.25, 0.3) is 5.91 Å². The van der Waals surface area contributed by atoms with Gasteiger partial charge in [-0.2, -0.15) is 0 Å². The third-order valence-corrected chi connectivity index (χ3v) is 6.01. The van der Waals surface area contributed by atoms with Crippen molar-refractivity contribution in [3.05, 3.63) is 51.7 Å². The number of hydrogen-bond acceptors (Lipinski definition) is 4. The highest BCUT2D eigenvalue weighted by molar-refractivity contribution is 7.12. The molecule has 1 amide bonds. The van der Waals surface area contributed by atoms with Gasteiger partial charge >= 0.3 is 0 Å². The lowest BCUT2D eigenvalue weighted by Crippen LogP contribution is -2.39. The van der Waals surface area contributed by atoms with Gasteiger partial charge in [-0.1, -0.05) is 12.1 Å². The van der Waals surface area contributed by atoms with E-state index in [0.717, 1.165) is 44.5 Å². The standard InChI is InChI=1S/C21H25NO3S/c1-15(23)20-12-18(14-26-20)21(24)22-10-4-6-17(13-22)9-8-16-5-3-7-19(11-16)25-2/h3,5,7,11-12,14,17H,4,6,8-10,13H2,1-2H3/t17-/m0/s1. The van der Waals surface area contributed by atoms with Crippen LogP contribution in [0.1, 0.15) is 51.8 Å². The number of rotatable bonds is 6. The van der Waals surface area contributed by atoms with Crippen LogP contribution in [0, 0.1) is 5.92 Å². The largest absolute Gasteiger partial charge is 0.497 e. The minimum absolute atomic E-state index is 0.0175. The average Bonchev–Trinajstić information content (AvgIpc) is 3.17. The summed E-state index contributed by atoms with van der Waals surface area (Å²) in [6.45, 7) is 3.14. The quantitative estimate of drug-likeness (QED) is 0.705. The first-order valence-corrected chi connectivity index (χ1v) is 9.96. The molecule has 138 valence electrons. The number of amides is 1. The molecule has 26 heavy (non-hydrogen) atoms. The predicted molar refractivity (Wildman–Crippen MR) is 104 cm³/mol. The van der Waals surface area contributed by atoms with Crippen molar-refractivity contribution in [1.82, 2.24) is 4.90 Å². The molecule has 0 N–H and O–H groups in total. The molecule has 4 nitrogen and oxygen atoms in total. The molecule has 1 aliphatic heterocycles. The molecule has 0 bridgehead atoms. The van der Waals surface area contributed by atoms with E-state index in [2.05, 4.69) is 12.1 Å². The Hall–Kier alpha value is -2.14. The number of nitrogens with zero attached hydrogens (tertiary/aromatic N) is 1. The number of hydrogen-bond donors (Lipinski definition) is 0. The summed E-state index contributed by atoms with van der Waals surface area (Å²) < 4.78 is 5.29. The molecule has 0 radical (unpaired) electrons. The summed E-state index contributed by atoms with van der Waals surface area (Å²) in [4.78, 5) is 26.8. The van der Waals surface area contributed by atoms with E-state index in [1.165, 1.54) is 23.8 Å². The number of carbonyl (C=O) groups is 2. The van der Waals surface area contributed by atoms with Gasteiger partial charge in [-0.3, -0.25) is 9.59 Å². The summed E-state index contributed by atoms with van der Waals surface area (Å²) in [5.74, 6) is 1.48. The molecule has 0 saturated carbocycles. The fourth-order valence-corrected chi connectivity index (χ4v) is 4.28. The molecule has 0 unspecified atom stereocenters. The Bertz CT molecular complexity index is 783. The van der Waals surface area contributed by atoms with Gasteiger partial charge in [0.2, 0.25) is 0 Å². The monoisotopic (exact) mass is 371 g/mol. The number of piperidine rings is 1. The molecule has 1 fully saturated rings. The predicted octanol–water partition coefficient (Wildman–Crippen LogP) is 4.44. The van der Waals surface area contributed by atoms with Crippen LogP contribution in [0.4, 0.5) is 0 Å². The maximum Gasteiger partial charge on any atom is 0.254 e. The van der Waals surface area contributed by atoms with Crippen molar-refractivity contribution < 1.29 is 14.3 Å². The van der Waals surface area contributed by atoms with Crippen LogP contribution in [0.5, 0.6) is 5.75 Å². The summed E-state index contributed by atoms with van der Waals surface area (Å²) in [7, 11) is 1.69. The van der Waals surface area contributed by atoms with E-state index in [4.69, 9.17) is 4.74 Å². The first kappa shape index (κ1) is 18.6. The number of methoxy groups -OCH3 is 1. The van der Waals surface area contributed by atoms with Crippen molar-refractivity contribution in [2.75, 3.05) is 20.2 Å². The third-order valence-electron chi connectivity index (χ3n) is 4.98. The lowest BCUT2D eigenvalue weighted by molar-refractivity contribution is 0.0669. The molecule has 2 heterocycles. The van der Waals surface area contributed by atoms with Gasteiger partial charge in [-0.25, -0.2) is 0 Å². The molecule has 0 aliphatic carbocycles. The highest BCUT2D eigenvalue weighted by Crippen LogP contribution is 2.25. The summed E-state index contributed by atoms with van der Waals surface area (Å²) in [6, 6.07) is 9.92. The van der Waals surface area contributed by atoms with E-state index in [-0.39, 0.29) is 11.7 Å². The average molecular weight is 372 g/mol. The number of carbonyl (C=O) groups excluding carboxylic acids is 2. The SMILES string of the molecule is COc1cccc(CC[C@@H]2CCCN(C(=O)c3csc(C(C)=O)c3)C2)c1. The van der Waals surface area contributed by atoms with Crippen LogP contribution in [0.3, 0.4) is 0 Å². The third kappa shape index (κ3) is 4.52. The van der Waals surface area contributed by atoms with Gasteiger partial charge in [0.1, 0.15) is 5.75 Å². The maximum atomic E-state index is 12.7. The highest BCUT2D eigenvalue weighted by Gasteiger charge is 2.25. The zero-order valence-electron chi connectivity index (χ0n) is 15.4. The van der Waals surface area contributed by atoms with Crippen molar-refractivity contribution in [3.8, 4) is 5.75 Å². The second-order valence-electron chi connectivity index (χ2n) is 6.91. The van der Waals surface area contributed by atoms with Crippen LogP contribution in [0.2, 0.25) is 0 Å². The van der Waals surface area contributed by atoms with E-state index < -0.39 is 0 Å². The minimum Gasteiger partial charge on any atom is -0.497 e. The molecule has 1 aromatic heterocycles. The number of ketones is 1. The molecular formula is C21H25NO3S. The van der Waals surface area contributed by atoms with E-state index >= 15 is 0 Å². The fraction of sp³-hybridized carbons (Fsp3) is 0.429. The number of benzene rings is 1. The van der Waals surface area contributed by atoms with Crippen molar-refractivity contribution >= 4 is 23.0 Å². The minimum atomic E-state index is 0.0175. The van der Waals surface area contributed by atoms with Gasteiger partial charge in [0.05, 0.1) is 17.6 Å². The molecular weight excluding hydrogens is 346 g/mol. The van der Waals surface area contributed by atoms with Gasteiger partial charge < -0.3 is 9.64 Å². The molecule has 3 rings (SSSR count). The Morgan fingerprint density at radius 2 is 2.15 bits per heavy atom. The molecule has 1 saturated heterocycles. The topological polar surface area (TPSA) is 46.6 Å². The van der Waals surface area contributed by atoms with E-state index in [0.29, 0.717) is 16.4 Å². The Balaban J connectivity index is 1.57. The van der Waals surface area contributed by atoms with Gasteiger partial charge in [0.15, 0.2) is 5.78 Å². The second-order valence-corrected chi connectivity index (χ2v) is 7.82. The molecule has 5 heteroatoms. The molecule has 1 aliphatic rings. The van der Waals surface area contributed by atoms with Crippen molar-refractivity contribution in [2.24, 2.45) is 5.92 Å². The summed E-state index contributed by atoms with van der Waals surface area (Å²) in [6.07, 6.45) is 4.27. The first-order chi connectivity index (χ1) is 12.6. The summed E-state index contributed by atoms with van der Waals surface area (Å²) in [5.41, 5.74) is 1.92. The van der Waals surface area contributed by atoms with Crippen LogP contribution in [0.25, 0.3) is 0 Å². The van der Waals surface area contributed by atoms with Crippen molar-refractivity contribution in [3.63, 3.8) is 0 Å². The number of Topliss-reactive ketones (excluding diaryl/α,β-unsaturated/α-hetero) is 1. The molecule has 1 atom stereocenters. The number of thiophene rings is 1. The fourth-order valence-electron chi connectivity index (χ4n) is 3.50. The smallest absolute Gasteiger partial charge is 0.254 e. The highest BCUT2D eigenvalue weighted by atomic mass is 32.1. The summed E-state index contributed by atoms with van der Waals surface area (Å²) >= 11 is 1.35. The van der Waals surface area contributed by atoms with Crippen LogP contribution >= 0.6 is 11.3 Å². The van der Waals surface area contributed by atoms with Crippen molar-refractivity contribution in [2.45, 2.75) is 32.6 Å². The van der Waals surface area contributed by atoms with E-state index in [1.807, 2.05) is 17.0 Å². The van der Waals surface area contributed by atoms with Gasteiger partial charge in [-0.15, -0.1) is 11.3 Å². The molecule has 2 aromatic rings. The first-order valence-electron chi connectivity index (χ1n) is 9.08. The molecule has 1 aromatic carbocycles. The zero-order chi connectivity index (χ0) is 18.5. The Morgan fingerprint density at radius 1 is 1.31 bits per heavy atom. The Morgan fingerprint density at radius 3 is 2.88 bits per heavy atom. The van der Waals surface area contributed by atoms with Gasteiger partial charge in [0, 0.05) is 18.5 Å². The van der Waals surface area contributed by atoms with E-state index in [9.17, 15) is 9.59 Å². The van der Waals surface area contributed by atoms with E-state index in [1.54, 1.807) is 18.6 Å². The Labute approximate surface area is 158 Å². The lowest BCUT2D eigenvalue weighted by Gasteiger charge is -2.32. The maximum absolute atomic E-state index is 12.7. The number of likely N-dealkylation sites (tertiary alicyclic amines) is 1. The number of aryl methyl sites for hydroxylation is 1. The van der Waals surface area contributed by atoms with Crippen LogP contribution in [0.15, 0.2) is 35.7 Å². The van der Waals surface area contributed by atoms with Crippen molar-refractivity contribution in [1.29, 1.82) is 0 Å². The van der Waals surface area contributed by atoms with Crippen LogP contribution in [-0.4, -0.2) is 36.8 Å². The lowest BCUT2D eigenvalue weighted by atomic mass is 9.91. The van der Waals surface area contributed by atoms with Crippen LogP contribution in [-0.2, 0) is 6.42 Å². The normalized spacial score (nSPS) is 17.2. The van der Waals surface area contributed by atoms with Crippen LogP contribution < -0.4 is 4.74 Å². The summed E-state index contributed by atoms with van der Waals surface area (Å²) in [5, 5.41) is 1.80. The van der Waals surface area contributed by atoms with Gasteiger partial charge in [-0.05, 0) is 62.3 Å². The number of ether oxygens (including phenoxy) is 1. The second kappa shape index (κ2) is 8.49. The Kier molecular flexibility index (Phi) is 6.09. The molecule has 0 spiro atoms. The zero-order valence-corrected chi connectivity index (χ0v) is 16.2.